The van der Waals surface area contributed by atoms with Crippen LogP contribution in [0.15, 0.2) is 30.3 Å². The maximum atomic E-state index is 11.8. The van der Waals surface area contributed by atoms with Crippen LogP contribution >= 0.6 is 0 Å². The highest BCUT2D eigenvalue weighted by atomic mass is 16.2. The van der Waals surface area contributed by atoms with Gasteiger partial charge in [-0.2, -0.15) is 0 Å². The molecule has 3 N–H and O–H groups in total. The molecule has 0 radical (unpaired) electrons. The van der Waals surface area contributed by atoms with Crippen molar-refractivity contribution in [1.29, 1.82) is 0 Å². The number of nitrogens with zero attached hydrogens (tertiary/aromatic N) is 1. The fourth-order valence-corrected chi connectivity index (χ4v) is 2.19. The van der Waals surface area contributed by atoms with E-state index in [9.17, 15) is 9.59 Å². The van der Waals surface area contributed by atoms with Gasteiger partial charge in [0.1, 0.15) is 0 Å². The number of hydrogen-bond acceptors (Lipinski definition) is 2. The van der Waals surface area contributed by atoms with Crippen LogP contribution in [-0.4, -0.2) is 29.9 Å². The minimum absolute atomic E-state index is 0.134. The second kappa shape index (κ2) is 5.53. The summed E-state index contributed by atoms with van der Waals surface area (Å²) in [5.74, 6) is 0.295. The number of benzene rings is 1. The van der Waals surface area contributed by atoms with Gasteiger partial charge in [-0.3, -0.25) is 4.79 Å². The average molecular weight is 247 g/mol. The van der Waals surface area contributed by atoms with Crippen molar-refractivity contribution in [1.82, 2.24) is 10.2 Å². The monoisotopic (exact) mass is 247 g/mol. The van der Waals surface area contributed by atoms with Crippen molar-refractivity contribution in [2.24, 2.45) is 11.7 Å². The summed E-state index contributed by atoms with van der Waals surface area (Å²) < 4.78 is 0. The Hall–Kier alpha value is -2.04. The van der Waals surface area contributed by atoms with Crippen LogP contribution in [0.1, 0.15) is 12.0 Å². The lowest BCUT2D eigenvalue weighted by atomic mass is 10.1. The number of urea groups is 1. The minimum Gasteiger partial charge on any atom is -0.352 e. The lowest BCUT2D eigenvalue weighted by Crippen LogP contribution is -2.34. The van der Waals surface area contributed by atoms with Crippen molar-refractivity contribution in [2.45, 2.75) is 13.0 Å². The summed E-state index contributed by atoms with van der Waals surface area (Å²) in [5.41, 5.74) is 6.13. The van der Waals surface area contributed by atoms with Gasteiger partial charge in [-0.1, -0.05) is 30.3 Å². The Balaban J connectivity index is 1.87. The molecule has 0 bridgehead atoms. The zero-order valence-corrected chi connectivity index (χ0v) is 10.1. The van der Waals surface area contributed by atoms with E-state index in [-0.39, 0.29) is 11.8 Å². The first kappa shape index (κ1) is 12.4. The third kappa shape index (κ3) is 3.23. The molecule has 1 aliphatic heterocycles. The molecule has 2 rings (SSSR count). The van der Waals surface area contributed by atoms with Gasteiger partial charge in [0.25, 0.3) is 0 Å². The van der Waals surface area contributed by atoms with E-state index in [4.69, 9.17) is 5.73 Å². The van der Waals surface area contributed by atoms with Gasteiger partial charge in [0.05, 0.1) is 0 Å². The van der Waals surface area contributed by atoms with Gasteiger partial charge in [0.2, 0.25) is 5.91 Å². The molecule has 1 atom stereocenters. The first-order chi connectivity index (χ1) is 8.65. The number of hydrogen-bond donors (Lipinski definition) is 2. The summed E-state index contributed by atoms with van der Waals surface area (Å²) in [4.78, 5) is 24.3. The number of rotatable bonds is 4. The number of nitrogens with two attached hydrogens (primary N) is 1. The van der Waals surface area contributed by atoms with E-state index in [1.54, 1.807) is 0 Å². The highest BCUT2D eigenvalue weighted by Gasteiger charge is 2.29. The van der Waals surface area contributed by atoms with Crippen molar-refractivity contribution in [3.8, 4) is 0 Å². The van der Waals surface area contributed by atoms with Gasteiger partial charge < -0.3 is 16.0 Å². The van der Waals surface area contributed by atoms with Gasteiger partial charge in [-0.25, -0.2) is 4.79 Å². The van der Waals surface area contributed by atoms with Crippen LogP contribution in [0.3, 0.4) is 0 Å². The van der Waals surface area contributed by atoms with Crippen molar-refractivity contribution < 1.29 is 9.59 Å². The van der Waals surface area contributed by atoms with Crippen molar-refractivity contribution in [2.75, 3.05) is 13.1 Å². The van der Waals surface area contributed by atoms with Crippen LogP contribution in [0.25, 0.3) is 0 Å². The largest absolute Gasteiger partial charge is 0.352 e. The number of primary amides is 1. The smallest absolute Gasteiger partial charge is 0.312 e. The normalized spacial score (nSPS) is 19.0. The molecular formula is C13H17N3O2. The first-order valence-corrected chi connectivity index (χ1v) is 6.00. The number of likely N-dealkylation sites (tertiary alicyclic amines) is 1. The van der Waals surface area contributed by atoms with E-state index in [1.807, 2.05) is 35.2 Å². The molecule has 3 amide bonds. The summed E-state index contributed by atoms with van der Waals surface area (Å²) in [5, 5.41) is 2.55. The highest BCUT2D eigenvalue weighted by Crippen LogP contribution is 2.19. The van der Waals surface area contributed by atoms with E-state index < -0.39 is 6.03 Å². The Morgan fingerprint density at radius 3 is 2.78 bits per heavy atom. The molecule has 0 saturated carbocycles. The quantitative estimate of drug-likeness (QED) is 0.822. The van der Waals surface area contributed by atoms with Gasteiger partial charge in [-0.05, 0) is 5.56 Å². The standard InChI is InChI=1S/C13H17N3O2/c14-13(18)15-7-11-6-12(17)16(9-11)8-10-4-2-1-3-5-10/h1-5,11H,6-9H2,(H3,14,15,18). The Bertz CT molecular complexity index is 433. The Labute approximate surface area is 106 Å². The first-order valence-electron chi connectivity index (χ1n) is 6.00. The van der Waals surface area contributed by atoms with Crippen LogP contribution in [0.4, 0.5) is 4.79 Å². The predicted octanol–water partition coefficient (Wildman–Crippen LogP) is 0.703. The molecule has 1 heterocycles. The minimum atomic E-state index is -0.538. The second-order valence-corrected chi connectivity index (χ2v) is 4.58. The summed E-state index contributed by atoms with van der Waals surface area (Å²) >= 11 is 0. The molecule has 0 spiro atoms. The van der Waals surface area contributed by atoms with E-state index in [0.29, 0.717) is 26.1 Å². The molecule has 1 unspecified atom stereocenters. The Kier molecular flexibility index (Phi) is 3.82. The number of carbonyl (C=O) groups is 2. The lowest BCUT2D eigenvalue weighted by molar-refractivity contribution is -0.128. The van der Waals surface area contributed by atoms with Gasteiger partial charge in [0, 0.05) is 32.0 Å². The average Bonchev–Trinajstić information content (AvgIpc) is 2.69. The summed E-state index contributed by atoms with van der Waals surface area (Å²) in [6, 6.07) is 9.34. The fraction of sp³-hybridized carbons (Fsp3) is 0.385. The molecule has 0 aliphatic carbocycles. The number of carbonyl (C=O) groups excluding carboxylic acids is 2. The molecule has 5 nitrogen and oxygen atoms in total. The van der Waals surface area contributed by atoms with Crippen molar-refractivity contribution in [3.05, 3.63) is 35.9 Å². The van der Waals surface area contributed by atoms with Crippen LogP contribution in [-0.2, 0) is 11.3 Å². The van der Waals surface area contributed by atoms with Gasteiger partial charge in [0.15, 0.2) is 0 Å². The zero-order valence-electron chi connectivity index (χ0n) is 10.1. The van der Waals surface area contributed by atoms with E-state index >= 15 is 0 Å². The molecule has 96 valence electrons. The van der Waals surface area contributed by atoms with E-state index in [2.05, 4.69) is 5.32 Å². The molecular weight excluding hydrogens is 230 g/mol. The Morgan fingerprint density at radius 2 is 2.11 bits per heavy atom. The predicted molar refractivity (Wildman–Crippen MR) is 67.6 cm³/mol. The molecule has 1 aromatic carbocycles. The van der Waals surface area contributed by atoms with Gasteiger partial charge in [-0.15, -0.1) is 0 Å². The van der Waals surface area contributed by atoms with Crippen molar-refractivity contribution >= 4 is 11.9 Å². The topological polar surface area (TPSA) is 75.4 Å². The van der Waals surface area contributed by atoms with E-state index in [0.717, 1.165) is 5.56 Å². The molecule has 1 aliphatic rings. The molecule has 18 heavy (non-hydrogen) atoms. The van der Waals surface area contributed by atoms with Crippen LogP contribution in [0.5, 0.6) is 0 Å². The van der Waals surface area contributed by atoms with Crippen LogP contribution in [0.2, 0.25) is 0 Å². The summed E-state index contributed by atoms with van der Waals surface area (Å²) in [7, 11) is 0. The second-order valence-electron chi connectivity index (χ2n) is 4.58. The third-order valence-electron chi connectivity index (χ3n) is 3.08. The molecule has 0 aromatic heterocycles. The molecule has 1 saturated heterocycles. The number of amides is 3. The summed E-state index contributed by atoms with van der Waals surface area (Å²) in [6.07, 6.45) is 0.479. The van der Waals surface area contributed by atoms with Crippen molar-refractivity contribution in [3.63, 3.8) is 0 Å². The van der Waals surface area contributed by atoms with Crippen LogP contribution in [0, 0.1) is 5.92 Å². The SMILES string of the molecule is NC(=O)NCC1CC(=O)N(Cc2ccccc2)C1. The maximum Gasteiger partial charge on any atom is 0.312 e. The zero-order chi connectivity index (χ0) is 13.0. The molecule has 1 fully saturated rings. The van der Waals surface area contributed by atoms with E-state index in [1.165, 1.54) is 0 Å². The highest BCUT2D eigenvalue weighted by molar-refractivity contribution is 5.79. The van der Waals surface area contributed by atoms with Crippen LogP contribution < -0.4 is 11.1 Å². The van der Waals surface area contributed by atoms with Gasteiger partial charge >= 0.3 is 6.03 Å². The number of nitrogens with one attached hydrogen (secondary N) is 1. The fourth-order valence-electron chi connectivity index (χ4n) is 2.19. The third-order valence-corrected chi connectivity index (χ3v) is 3.08. The molecule has 1 aromatic rings. The maximum absolute atomic E-state index is 11.8. The molecule has 5 heteroatoms. The summed E-state index contributed by atoms with van der Waals surface area (Å²) in [6.45, 7) is 1.77. The Morgan fingerprint density at radius 1 is 1.39 bits per heavy atom. The lowest BCUT2D eigenvalue weighted by Gasteiger charge is -2.16.